The van der Waals surface area contributed by atoms with Crippen LogP contribution in [-0.4, -0.2) is 25.7 Å². The zero-order chi connectivity index (χ0) is 32.6. The normalized spacial score (nSPS) is 18.0. The maximum absolute atomic E-state index is 14.8. The molecular weight excluding hydrogens is 641 g/mol. The third kappa shape index (κ3) is 5.19. The molecule has 7 rings (SSSR count). The van der Waals surface area contributed by atoms with E-state index >= 15 is 0 Å². The predicted octanol–water partition coefficient (Wildman–Crippen LogP) is 7.46. The lowest BCUT2D eigenvalue weighted by atomic mass is 9.80. The second-order valence-electron chi connectivity index (χ2n) is 11.9. The third-order valence-electron chi connectivity index (χ3n) is 9.24. The Balaban J connectivity index is 1.64. The van der Waals surface area contributed by atoms with E-state index in [1.807, 2.05) is 104 Å². The molecule has 1 heterocycles. The highest BCUT2D eigenvalue weighted by Crippen LogP contribution is 2.67. The molecule has 1 aliphatic heterocycles. The average Bonchev–Trinajstić information content (AvgIpc) is 3.11. The number of anilines is 1. The lowest BCUT2D eigenvalue weighted by molar-refractivity contribution is 0.0750. The zero-order valence-electron chi connectivity index (χ0n) is 25.8. The molecule has 0 aliphatic carbocycles. The van der Waals surface area contributed by atoms with Gasteiger partial charge in [-0.2, -0.15) is 0 Å². The summed E-state index contributed by atoms with van der Waals surface area (Å²) in [7, 11) is -6.97. The van der Waals surface area contributed by atoms with Crippen molar-refractivity contribution in [1.29, 1.82) is 0 Å². The third-order valence-corrected chi connectivity index (χ3v) is 16.1. The SMILES string of the molecule is Cc1ccc(S(=O)(=O)N2CC([P+](c3ccccc3)(c3ccccc3)c3ccccc3)C(O)(c3ccccc3)c3cc(Cl)ccc32)cc1. The Morgan fingerprint density at radius 1 is 0.681 bits per heavy atom. The van der Waals surface area contributed by atoms with Crippen LogP contribution in [0, 0.1) is 6.92 Å². The second kappa shape index (κ2) is 12.4. The molecule has 0 spiro atoms. The van der Waals surface area contributed by atoms with Gasteiger partial charge in [0.25, 0.3) is 10.0 Å². The van der Waals surface area contributed by atoms with E-state index in [0.717, 1.165) is 21.5 Å². The fourth-order valence-electron chi connectivity index (χ4n) is 7.08. The molecule has 1 aliphatic rings. The molecule has 47 heavy (non-hydrogen) atoms. The van der Waals surface area contributed by atoms with Gasteiger partial charge < -0.3 is 5.11 Å². The van der Waals surface area contributed by atoms with Crippen LogP contribution in [0.25, 0.3) is 0 Å². The lowest BCUT2D eigenvalue weighted by Crippen LogP contribution is -2.59. The van der Waals surface area contributed by atoms with Gasteiger partial charge in [0.1, 0.15) is 28.8 Å². The molecule has 0 bridgehead atoms. The zero-order valence-corrected chi connectivity index (χ0v) is 28.3. The van der Waals surface area contributed by atoms with Crippen molar-refractivity contribution < 1.29 is 13.5 Å². The van der Waals surface area contributed by atoms with Crippen LogP contribution in [0.1, 0.15) is 16.7 Å². The predicted molar refractivity (Wildman–Crippen MR) is 196 cm³/mol. The minimum absolute atomic E-state index is 0.0166. The highest BCUT2D eigenvalue weighted by molar-refractivity contribution is 7.96. The maximum atomic E-state index is 14.8. The number of sulfonamides is 1. The number of fused-ring (bicyclic) bond motifs is 1. The molecular formula is C40H34ClNO3PS+. The van der Waals surface area contributed by atoms with Crippen LogP contribution < -0.4 is 20.2 Å². The molecule has 2 atom stereocenters. The Bertz CT molecular complexity index is 2020. The first-order valence-electron chi connectivity index (χ1n) is 15.5. The van der Waals surface area contributed by atoms with Gasteiger partial charge in [-0.1, -0.05) is 114 Å². The molecule has 0 saturated carbocycles. The number of hydrogen-bond acceptors (Lipinski definition) is 3. The van der Waals surface area contributed by atoms with Gasteiger partial charge in [0.2, 0.25) is 0 Å². The largest absolute Gasteiger partial charge is 0.376 e. The van der Waals surface area contributed by atoms with Gasteiger partial charge in [-0.05, 0) is 79.2 Å². The van der Waals surface area contributed by atoms with E-state index in [2.05, 4.69) is 36.4 Å². The Morgan fingerprint density at radius 2 is 1.15 bits per heavy atom. The number of hydrogen-bond donors (Lipinski definition) is 1. The number of nitrogens with zero attached hydrogens (tertiary/aromatic N) is 1. The Morgan fingerprint density at radius 3 is 1.64 bits per heavy atom. The van der Waals surface area contributed by atoms with Gasteiger partial charge >= 0.3 is 0 Å². The summed E-state index contributed by atoms with van der Waals surface area (Å²) in [5.41, 5.74) is 0.188. The van der Waals surface area contributed by atoms with E-state index in [1.165, 1.54) is 4.31 Å². The molecule has 0 fully saturated rings. The van der Waals surface area contributed by atoms with Crippen molar-refractivity contribution in [2.75, 3.05) is 10.8 Å². The number of aryl methyl sites for hydroxylation is 1. The molecule has 0 radical (unpaired) electrons. The minimum atomic E-state index is -4.08. The van der Waals surface area contributed by atoms with Crippen LogP contribution in [0.15, 0.2) is 169 Å². The molecule has 2 unspecified atom stereocenters. The van der Waals surface area contributed by atoms with Gasteiger partial charge in [0, 0.05) is 10.6 Å². The van der Waals surface area contributed by atoms with Crippen LogP contribution in [-0.2, 0) is 15.6 Å². The van der Waals surface area contributed by atoms with Crippen molar-refractivity contribution in [2.45, 2.75) is 23.1 Å². The number of halogens is 1. The summed E-state index contributed by atoms with van der Waals surface area (Å²) in [5, 5.41) is 17.3. The van der Waals surface area contributed by atoms with Crippen LogP contribution >= 0.6 is 18.9 Å². The molecule has 0 saturated heterocycles. The fourth-order valence-corrected chi connectivity index (χ4v) is 14.0. The average molecular weight is 675 g/mol. The molecule has 4 nitrogen and oxygen atoms in total. The van der Waals surface area contributed by atoms with Crippen LogP contribution in [0.3, 0.4) is 0 Å². The Kier molecular flexibility index (Phi) is 8.28. The molecule has 0 aromatic heterocycles. The molecule has 234 valence electrons. The number of benzene rings is 6. The van der Waals surface area contributed by atoms with Gasteiger partial charge in [-0.25, -0.2) is 8.42 Å². The quantitative estimate of drug-likeness (QED) is 0.179. The highest BCUT2D eigenvalue weighted by Gasteiger charge is 2.65. The minimum Gasteiger partial charge on any atom is -0.376 e. The molecule has 6 aromatic rings. The number of rotatable bonds is 7. The summed E-state index contributed by atoms with van der Waals surface area (Å²) in [6.07, 6.45) is 0. The van der Waals surface area contributed by atoms with Gasteiger partial charge in [0.15, 0.2) is 5.60 Å². The van der Waals surface area contributed by atoms with Crippen LogP contribution in [0.2, 0.25) is 5.02 Å². The summed E-state index contributed by atoms with van der Waals surface area (Å²) >= 11 is 6.73. The Labute approximate surface area is 282 Å². The summed E-state index contributed by atoms with van der Waals surface area (Å²) in [4.78, 5) is 0.191. The molecule has 1 N–H and O–H groups in total. The first-order valence-corrected chi connectivity index (χ1v) is 19.2. The van der Waals surface area contributed by atoms with Crippen molar-refractivity contribution in [1.82, 2.24) is 0 Å². The highest BCUT2D eigenvalue weighted by atomic mass is 35.5. The first kappa shape index (κ1) is 31.4. The van der Waals surface area contributed by atoms with E-state index in [4.69, 9.17) is 11.6 Å². The van der Waals surface area contributed by atoms with E-state index in [0.29, 0.717) is 21.8 Å². The molecule has 7 heteroatoms. The van der Waals surface area contributed by atoms with Crippen LogP contribution in [0.4, 0.5) is 5.69 Å². The summed E-state index contributed by atoms with van der Waals surface area (Å²) in [6.45, 7) is 1.95. The van der Waals surface area contributed by atoms with Crippen molar-refractivity contribution in [3.63, 3.8) is 0 Å². The van der Waals surface area contributed by atoms with Crippen molar-refractivity contribution in [2.24, 2.45) is 0 Å². The van der Waals surface area contributed by atoms with Crippen molar-refractivity contribution >= 4 is 50.5 Å². The first-order chi connectivity index (χ1) is 22.8. The standard InChI is InChI=1S/C40H34ClNO3PS/c1-30-22-25-36(26-23-30)47(44,45)42-29-39(40(43,31-14-6-2-7-15-31)37-28-32(41)24-27-38(37)42)46(33-16-8-3-9-17-33,34-18-10-4-11-19-34)35-20-12-5-13-21-35/h2-28,39,43H,29H2,1H3/q+1. The van der Waals surface area contributed by atoms with E-state index in [-0.39, 0.29) is 11.4 Å². The smallest absolute Gasteiger partial charge is 0.264 e. The topological polar surface area (TPSA) is 57.6 Å². The van der Waals surface area contributed by atoms with Crippen LogP contribution in [0.5, 0.6) is 0 Å². The Hall–Kier alpha value is -4.25. The molecule has 6 aromatic carbocycles. The summed E-state index contributed by atoms with van der Waals surface area (Å²) in [6, 6.07) is 52.5. The summed E-state index contributed by atoms with van der Waals surface area (Å²) < 4.78 is 31.1. The molecule has 0 amide bonds. The fraction of sp³-hybridized carbons (Fsp3) is 0.100. The second-order valence-corrected chi connectivity index (χ2v) is 17.8. The van der Waals surface area contributed by atoms with Gasteiger partial charge in [-0.15, -0.1) is 0 Å². The monoisotopic (exact) mass is 674 g/mol. The van der Waals surface area contributed by atoms with Gasteiger partial charge in [-0.3, -0.25) is 4.31 Å². The van der Waals surface area contributed by atoms with E-state index < -0.39 is 28.5 Å². The number of aliphatic hydroxyl groups is 1. The maximum Gasteiger partial charge on any atom is 0.264 e. The summed E-state index contributed by atoms with van der Waals surface area (Å²) in [5.74, 6) is 0. The van der Waals surface area contributed by atoms with E-state index in [1.54, 1.807) is 30.3 Å². The van der Waals surface area contributed by atoms with Crippen molar-refractivity contribution in [3.05, 3.63) is 186 Å². The van der Waals surface area contributed by atoms with Gasteiger partial charge in [0.05, 0.1) is 17.1 Å². The van der Waals surface area contributed by atoms with E-state index in [9.17, 15) is 13.5 Å². The van der Waals surface area contributed by atoms with Crippen molar-refractivity contribution in [3.8, 4) is 0 Å². The lowest BCUT2D eigenvalue weighted by Gasteiger charge is -2.49.